The Morgan fingerprint density at radius 3 is 1.10 bits per heavy atom. The molecule has 0 fully saturated rings. The predicted molar refractivity (Wildman–Crippen MR) is 234 cm³/mol. The van der Waals surface area contributed by atoms with E-state index in [0.717, 1.165) is 22.4 Å². The van der Waals surface area contributed by atoms with E-state index >= 15 is 0 Å². The number of hydrogen-bond acceptors (Lipinski definition) is 2. The lowest BCUT2D eigenvalue weighted by molar-refractivity contribution is 0.265. The Balaban J connectivity index is 1.08. The molecule has 0 N–H and O–H groups in total. The Labute approximate surface area is 340 Å². The van der Waals surface area contributed by atoms with Crippen molar-refractivity contribution < 1.29 is 9.47 Å². The molecule has 0 unspecified atom stereocenters. The van der Waals surface area contributed by atoms with Crippen LogP contribution in [0, 0.1) is 24.9 Å². The number of rotatable bonds is 9. The molecule has 0 aliphatic heterocycles. The van der Waals surface area contributed by atoms with Crippen molar-refractivity contribution in [2.75, 3.05) is 6.61 Å². The molecule has 8 aromatic carbocycles. The molecule has 2 heteroatoms. The molecular formula is C56H38O2. The maximum atomic E-state index is 5.79. The molecule has 2 nitrogen and oxygen atoms in total. The van der Waals surface area contributed by atoms with Gasteiger partial charge in [0.15, 0.2) is 0 Å². The largest absolute Gasteiger partial charge is 0.481 e. The lowest BCUT2D eigenvalue weighted by atomic mass is 9.67. The molecule has 274 valence electrons. The van der Waals surface area contributed by atoms with Crippen molar-refractivity contribution in [3.8, 4) is 64.0 Å². The zero-order valence-corrected chi connectivity index (χ0v) is 31.9. The van der Waals surface area contributed by atoms with Gasteiger partial charge in [0.2, 0.25) is 0 Å². The summed E-state index contributed by atoms with van der Waals surface area (Å²) in [5.41, 5.74) is 17.2. The highest BCUT2D eigenvalue weighted by Gasteiger charge is 2.47. The lowest BCUT2D eigenvalue weighted by Crippen LogP contribution is -2.28. The fourth-order valence-electron chi connectivity index (χ4n) is 9.77. The van der Waals surface area contributed by atoms with Crippen molar-refractivity contribution >= 4 is 0 Å². The second-order valence-electron chi connectivity index (χ2n) is 15.0. The van der Waals surface area contributed by atoms with Gasteiger partial charge in [-0.25, -0.2) is 0 Å². The van der Waals surface area contributed by atoms with E-state index in [4.69, 9.17) is 22.3 Å². The molecule has 0 saturated heterocycles. The van der Waals surface area contributed by atoms with E-state index in [-0.39, 0.29) is 6.61 Å². The van der Waals surface area contributed by atoms with Crippen LogP contribution >= 0.6 is 0 Å². The van der Waals surface area contributed by atoms with E-state index in [2.05, 4.69) is 194 Å². The summed E-state index contributed by atoms with van der Waals surface area (Å²) in [6, 6.07) is 70.7. The molecule has 2 aliphatic carbocycles. The number of benzene rings is 8. The minimum absolute atomic E-state index is 0.233. The van der Waals surface area contributed by atoms with Crippen LogP contribution in [-0.4, -0.2) is 6.61 Å². The average Bonchev–Trinajstić information content (AvgIpc) is 3.77. The molecule has 0 radical (unpaired) electrons. The van der Waals surface area contributed by atoms with Crippen LogP contribution in [0.5, 0.6) is 5.75 Å². The highest BCUT2D eigenvalue weighted by atomic mass is 16.5. The van der Waals surface area contributed by atoms with Gasteiger partial charge in [-0.05, 0) is 95.6 Å². The van der Waals surface area contributed by atoms with E-state index in [1.54, 1.807) is 0 Å². The van der Waals surface area contributed by atoms with Gasteiger partial charge in [0, 0.05) is 0 Å². The van der Waals surface area contributed by atoms with Crippen molar-refractivity contribution in [1.29, 1.82) is 0 Å². The first kappa shape index (κ1) is 34.9. The second-order valence-corrected chi connectivity index (χ2v) is 15.0. The SMILES string of the molecule is C#CCOc1ccc(C2(c3ccc(-c4ccc(C5(c6ccc(COC#C)cc6)c6ccccc6-c6ccccc65)cc4)cc3)c3ccccc3-c3ccccc32)cc1. The van der Waals surface area contributed by atoms with Gasteiger partial charge in [-0.2, -0.15) is 0 Å². The van der Waals surface area contributed by atoms with E-state index < -0.39 is 10.8 Å². The van der Waals surface area contributed by atoms with Gasteiger partial charge in [0.25, 0.3) is 0 Å². The smallest absolute Gasteiger partial charge is 0.148 e. The van der Waals surface area contributed by atoms with E-state index in [9.17, 15) is 0 Å². The quantitative estimate of drug-likeness (QED) is 0.137. The fraction of sp³-hybridized carbons (Fsp3) is 0.0714. The molecule has 2 aliphatic rings. The van der Waals surface area contributed by atoms with Crippen molar-refractivity contribution in [3.05, 3.63) is 244 Å². The normalized spacial score (nSPS) is 13.6. The fourth-order valence-corrected chi connectivity index (χ4v) is 9.77. The topological polar surface area (TPSA) is 18.5 Å². The van der Waals surface area contributed by atoms with Crippen LogP contribution in [0.2, 0.25) is 0 Å². The van der Waals surface area contributed by atoms with Gasteiger partial charge in [-0.1, -0.05) is 194 Å². The minimum atomic E-state index is -0.516. The van der Waals surface area contributed by atoms with Crippen LogP contribution in [0.25, 0.3) is 33.4 Å². The average molecular weight is 743 g/mol. The molecule has 58 heavy (non-hydrogen) atoms. The van der Waals surface area contributed by atoms with Gasteiger partial charge >= 0.3 is 0 Å². The van der Waals surface area contributed by atoms with E-state index in [1.165, 1.54) is 66.8 Å². The van der Waals surface area contributed by atoms with Crippen LogP contribution in [0.3, 0.4) is 0 Å². The summed E-state index contributed by atoms with van der Waals surface area (Å²) in [5.74, 6) is 3.33. The monoisotopic (exact) mass is 742 g/mol. The van der Waals surface area contributed by atoms with Crippen molar-refractivity contribution in [2.24, 2.45) is 0 Å². The molecule has 0 atom stereocenters. The van der Waals surface area contributed by atoms with Crippen molar-refractivity contribution in [1.82, 2.24) is 0 Å². The summed E-state index contributed by atoms with van der Waals surface area (Å²) in [4.78, 5) is 0. The summed E-state index contributed by atoms with van der Waals surface area (Å²) in [6.45, 7) is 0.607. The van der Waals surface area contributed by atoms with Gasteiger partial charge in [0.05, 0.1) is 10.8 Å². The Morgan fingerprint density at radius 1 is 0.397 bits per heavy atom. The highest BCUT2D eigenvalue weighted by molar-refractivity contribution is 5.88. The molecular weight excluding hydrogens is 705 g/mol. The van der Waals surface area contributed by atoms with E-state index in [1.807, 2.05) is 12.1 Å². The lowest BCUT2D eigenvalue weighted by Gasteiger charge is -2.34. The Morgan fingerprint density at radius 2 is 0.741 bits per heavy atom. The van der Waals surface area contributed by atoms with Crippen LogP contribution in [0.4, 0.5) is 0 Å². The second kappa shape index (κ2) is 14.2. The Hall–Kier alpha value is -7.52. The van der Waals surface area contributed by atoms with E-state index in [0.29, 0.717) is 6.61 Å². The Bertz CT molecular complexity index is 2590. The molecule has 0 spiro atoms. The van der Waals surface area contributed by atoms with Gasteiger partial charge in [-0.15, -0.1) is 6.42 Å². The van der Waals surface area contributed by atoms with Crippen molar-refractivity contribution in [3.63, 3.8) is 0 Å². The third kappa shape index (κ3) is 5.24. The third-order valence-corrected chi connectivity index (χ3v) is 12.2. The molecule has 0 aromatic heterocycles. The summed E-state index contributed by atoms with van der Waals surface area (Å²) < 4.78 is 11.1. The summed E-state index contributed by atoms with van der Waals surface area (Å²) in [5, 5.41) is 0. The summed E-state index contributed by atoms with van der Waals surface area (Å²) in [7, 11) is 0. The maximum absolute atomic E-state index is 5.79. The summed E-state index contributed by atoms with van der Waals surface area (Å²) in [6.07, 6.45) is 13.2. The number of ether oxygens (including phenoxy) is 2. The number of terminal acetylenes is 2. The first-order chi connectivity index (χ1) is 28.7. The van der Waals surface area contributed by atoms with Gasteiger partial charge < -0.3 is 9.47 Å². The van der Waals surface area contributed by atoms with Crippen LogP contribution in [-0.2, 0) is 22.2 Å². The van der Waals surface area contributed by atoms with Gasteiger partial charge in [-0.3, -0.25) is 0 Å². The first-order valence-corrected chi connectivity index (χ1v) is 19.6. The maximum Gasteiger partial charge on any atom is 0.148 e. The summed E-state index contributed by atoms with van der Waals surface area (Å²) >= 11 is 0. The zero-order valence-electron chi connectivity index (χ0n) is 31.9. The standard InChI is InChI=1S/C56H38O2/c1-3-37-58-46-35-33-45(34-36-46)56(53-19-11-7-15-49(53)50-16-8-12-20-54(50)56)44-31-25-41(26-32-44)40-23-29-43(30-24-40)55(42-27-21-39(22-28-42)38-57-4-2)51-17-9-5-13-47(51)48-14-6-10-18-52(48)55/h1-2,5-36H,37-38H2. The molecule has 0 amide bonds. The third-order valence-electron chi connectivity index (χ3n) is 12.2. The zero-order chi connectivity index (χ0) is 39.1. The number of hydrogen-bond donors (Lipinski definition) is 0. The van der Waals surface area contributed by atoms with Crippen LogP contribution in [0.1, 0.15) is 50.1 Å². The van der Waals surface area contributed by atoms with Crippen molar-refractivity contribution in [2.45, 2.75) is 17.4 Å². The molecule has 0 heterocycles. The first-order valence-electron chi connectivity index (χ1n) is 19.6. The minimum Gasteiger partial charge on any atom is -0.481 e. The molecule has 0 saturated carbocycles. The highest BCUT2D eigenvalue weighted by Crippen LogP contribution is 2.58. The van der Waals surface area contributed by atoms with Crippen LogP contribution in [0.15, 0.2) is 194 Å². The van der Waals surface area contributed by atoms with Gasteiger partial charge in [0.1, 0.15) is 25.1 Å². The Kier molecular flexibility index (Phi) is 8.56. The molecule has 10 rings (SSSR count). The van der Waals surface area contributed by atoms with Crippen LogP contribution < -0.4 is 4.74 Å². The predicted octanol–water partition coefficient (Wildman–Crippen LogP) is 12.2. The number of fused-ring (bicyclic) bond motifs is 6. The molecule has 0 bridgehead atoms. The molecule has 8 aromatic rings.